The van der Waals surface area contributed by atoms with E-state index in [9.17, 15) is 4.79 Å². The van der Waals surface area contributed by atoms with E-state index in [0.29, 0.717) is 11.8 Å². The molecule has 25 heavy (non-hydrogen) atoms. The minimum Gasteiger partial charge on any atom is -0.298 e. The fraction of sp³-hybridized carbons (Fsp3) is 0.842. The third-order valence-corrected chi connectivity index (χ3v) is 6.63. The minimum absolute atomic E-state index is 0.112. The van der Waals surface area contributed by atoms with Crippen LogP contribution in [0.4, 0.5) is 0 Å². The number of fused-ring (bicyclic) bond motifs is 3. The summed E-state index contributed by atoms with van der Waals surface area (Å²) < 4.78 is 0. The Bertz CT molecular complexity index is 636. The van der Waals surface area contributed by atoms with Gasteiger partial charge in [-0.05, 0) is 57.4 Å². The molecule has 3 aliphatic heterocycles. The number of aliphatic imine (C=N–C) groups is 2. The molecular weight excluding hydrogens is 314 g/mol. The van der Waals surface area contributed by atoms with Gasteiger partial charge >= 0.3 is 0 Å². The van der Waals surface area contributed by atoms with Crippen molar-refractivity contribution in [2.45, 2.75) is 63.6 Å². The van der Waals surface area contributed by atoms with Gasteiger partial charge in [-0.3, -0.25) is 24.5 Å². The van der Waals surface area contributed by atoms with Gasteiger partial charge in [-0.2, -0.15) is 0 Å². The highest BCUT2D eigenvalue weighted by Crippen LogP contribution is 2.58. The molecule has 3 heterocycles. The van der Waals surface area contributed by atoms with Gasteiger partial charge in [0.15, 0.2) is 6.04 Å². The van der Waals surface area contributed by atoms with E-state index in [-0.39, 0.29) is 17.6 Å². The zero-order valence-corrected chi connectivity index (χ0v) is 15.4. The molecule has 5 rings (SSSR count). The highest BCUT2D eigenvalue weighted by Gasteiger charge is 2.65. The summed E-state index contributed by atoms with van der Waals surface area (Å²) in [5, 5.41) is 0. The van der Waals surface area contributed by atoms with Crippen LogP contribution in [-0.2, 0) is 4.79 Å². The number of hydrogen-bond donors (Lipinski definition) is 0. The topological polar surface area (TPSA) is 51.5 Å². The summed E-state index contributed by atoms with van der Waals surface area (Å²) in [6.07, 6.45) is 8.22. The zero-order valence-electron chi connectivity index (χ0n) is 15.4. The van der Waals surface area contributed by atoms with Crippen LogP contribution in [0.25, 0.3) is 0 Å². The molecule has 3 fully saturated rings. The van der Waals surface area contributed by atoms with Gasteiger partial charge in [0.05, 0.1) is 0 Å². The number of nitrogens with zero attached hydrogens (tertiary/aromatic N) is 5. The maximum Gasteiger partial charge on any atom is 0.254 e. The zero-order chi connectivity index (χ0) is 17.2. The lowest BCUT2D eigenvalue weighted by atomic mass is 9.96. The molecule has 0 radical (unpaired) electrons. The van der Waals surface area contributed by atoms with E-state index in [2.05, 4.69) is 23.8 Å². The fourth-order valence-corrected chi connectivity index (χ4v) is 5.11. The van der Waals surface area contributed by atoms with Crippen LogP contribution in [0.3, 0.4) is 0 Å². The second-order valence-electron chi connectivity index (χ2n) is 8.35. The van der Waals surface area contributed by atoms with Gasteiger partial charge in [0.2, 0.25) is 5.96 Å². The highest BCUT2D eigenvalue weighted by molar-refractivity contribution is 6.22. The van der Waals surface area contributed by atoms with Gasteiger partial charge in [0.25, 0.3) is 5.91 Å². The van der Waals surface area contributed by atoms with Crippen molar-refractivity contribution in [2.24, 2.45) is 21.8 Å². The molecule has 0 spiro atoms. The van der Waals surface area contributed by atoms with Crippen LogP contribution >= 0.6 is 0 Å². The van der Waals surface area contributed by atoms with Crippen LogP contribution in [0, 0.1) is 11.8 Å². The monoisotopic (exact) mass is 343 g/mol. The first-order valence-corrected chi connectivity index (χ1v) is 10.1. The Labute approximate surface area is 150 Å². The van der Waals surface area contributed by atoms with Crippen molar-refractivity contribution < 1.29 is 4.79 Å². The molecule has 5 aliphatic rings. The first-order valence-electron chi connectivity index (χ1n) is 10.1. The Morgan fingerprint density at radius 2 is 1.92 bits per heavy atom. The largest absolute Gasteiger partial charge is 0.298 e. The average Bonchev–Trinajstić information content (AvgIpc) is 3.53. The summed E-state index contributed by atoms with van der Waals surface area (Å²) in [5.41, 5.74) is -0.112. The minimum atomic E-state index is -0.199. The lowest BCUT2D eigenvalue weighted by Crippen LogP contribution is -2.66. The molecule has 1 atom stereocenters. The Morgan fingerprint density at radius 3 is 2.56 bits per heavy atom. The summed E-state index contributed by atoms with van der Waals surface area (Å²) in [5.74, 6) is 3.36. The first kappa shape index (κ1) is 15.8. The van der Waals surface area contributed by atoms with E-state index in [4.69, 9.17) is 9.98 Å². The number of unbranched alkanes of at least 4 members (excludes halogenated alkanes) is 1. The molecule has 0 aromatic heterocycles. The number of carbonyl (C=O) groups excluding carboxylic acids is 1. The van der Waals surface area contributed by atoms with Crippen molar-refractivity contribution in [3.8, 4) is 0 Å². The number of guanidine groups is 1. The van der Waals surface area contributed by atoms with Crippen molar-refractivity contribution in [1.82, 2.24) is 14.7 Å². The number of rotatable bonds is 5. The normalized spacial score (nSPS) is 31.6. The molecule has 1 saturated heterocycles. The third kappa shape index (κ3) is 2.15. The predicted octanol–water partition coefficient (Wildman–Crippen LogP) is 1.92. The van der Waals surface area contributed by atoms with Crippen LogP contribution in [0.15, 0.2) is 9.98 Å². The molecule has 0 N–H and O–H groups in total. The smallest absolute Gasteiger partial charge is 0.254 e. The molecule has 6 heteroatoms. The van der Waals surface area contributed by atoms with Crippen molar-refractivity contribution in [2.75, 3.05) is 26.7 Å². The van der Waals surface area contributed by atoms with Crippen LogP contribution < -0.4 is 0 Å². The van der Waals surface area contributed by atoms with Gasteiger partial charge < -0.3 is 0 Å². The summed E-state index contributed by atoms with van der Waals surface area (Å²) in [6, 6.07) is -0.199. The van der Waals surface area contributed by atoms with E-state index in [0.717, 1.165) is 50.7 Å². The van der Waals surface area contributed by atoms with Crippen LogP contribution in [0.5, 0.6) is 0 Å². The summed E-state index contributed by atoms with van der Waals surface area (Å²) in [6.45, 7) is 4.73. The lowest BCUT2D eigenvalue weighted by molar-refractivity contribution is -0.133. The van der Waals surface area contributed by atoms with Crippen LogP contribution in [-0.4, -0.2) is 70.8 Å². The van der Waals surface area contributed by atoms with Gasteiger partial charge in [0.1, 0.15) is 11.5 Å². The lowest BCUT2D eigenvalue weighted by Gasteiger charge is -2.44. The number of hydrogen-bond acceptors (Lipinski definition) is 5. The molecule has 1 amide bonds. The molecule has 136 valence electrons. The van der Waals surface area contributed by atoms with Gasteiger partial charge in [-0.25, -0.2) is 4.99 Å². The summed E-state index contributed by atoms with van der Waals surface area (Å²) in [7, 11) is 2.15. The Hall–Kier alpha value is -1.43. The van der Waals surface area contributed by atoms with Gasteiger partial charge in [0, 0.05) is 19.6 Å². The van der Waals surface area contributed by atoms with E-state index in [1.54, 1.807) is 0 Å². The maximum absolute atomic E-state index is 13.4. The van der Waals surface area contributed by atoms with Crippen LogP contribution in [0.2, 0.25) is 0 Å². The van der Waals surface area contributed by atoms with E-state index < -0.39 is 0 Å². The number of amidine groups is 1. The Kier molecular flexibility index (Phi) is 3.50. The second-order valence-corrected chi connectivity index (χ2v) is 8.35. The molecule has 0 bridgehead atoms. The van der Waals surface area contributed by atoms with Crippen molar-refractivity contribution >= 4 is 17.7 Å². The number of likely N-dealkylation sites (N-methyl/N-ethyl adjacent to an activating group) is 1. The van der Waals surface area contributed by atoms with Gasteiger partial charge in [-0.1, -0.05) is 13.3 Å². The van der Waals surface area contributed by atoms with E-state index in [1.165, 1.54) is 25.7 Å². The average molecular weight is 343 g/mol. The Balaban J connectivity index is 1.57. The summed E-state index contributed by atoms with van der Waals surface area (Å²) in [4.78, 5) is 30.1. The highest BCUT2D eigenvalue weighted by atomic mass is 16.2. The van der Waals surface area contributed by atoms with Crippen molar-refractivity contribution in [3.05, 3.63) is 0 Å². The molecule has 1 unspecified atom stereocenters. The maximum atomic E-state index is 13.4. The predicted molar refractivity (Wildman–Crippen MR) is 97.4 cm³/mol. The number of carbonyl (C=O) groups is 1. The quantitative estimate of drug-likeness (QED) is 0.766. The Morgan fingerprint density at radius 1 is 1.20 bits per heavy atom. The fourth-order valence-electron chi connectivity index (χ4n) is 5.11. The van der Waals surface area contributed by atoms with Crippen molar-refractivity contribution in [1.29, 1.82) is 0 Å². The van der Waals surface area contributed by atoms with E-state index >= 15 is 0 Å². The molecule has 0 aromatic rings. The van der Waals surface area contributed by atoms with E-state index in [1.807, 2.05) is 4.90 Å². The summed E-state index contributed by atoms with van der Waals surface area (Å²) >= 11 is 0. The first-order chi connectivity index (χ1) is 12.2. The standard InChI is InChI=1S/C19H29N5O/c1-3-4-11-24-17(25)15-16(23-12-5-10-20-18(23)24)21-19(22(15)2,13-6-7-13)14-8-9-14/h13-15H,3-12H2,1-2H3. The molecule has 2 aliphatic carbocycles. The molecule has 2 saturated carbocycles. The van der Waals surface area contributed by atoms with Crippen LogP contribution in [0.1, 0.15) is 51.9 Å². The SMILES string of the molecule is CCCCN1C(=O)C2C(=NC(C3CC3)(C3CC3)N2C)N2CCCN=C12. The second kappa shape index (κ2) is 5.53. The van der Waals surface area contributed by atoms with Gasteiger partial charge in [-0.15, -0.1) is 0 Å². The molecular formula is C19H29N5O. The number of amides is 1. The molecule has 0 aromatic carbocycles. The molecule has 6 nitrogen and oxygen atoms in total. The van der Waals surface area contributed by atoms with Crippen molar-refractivity contribution in [3.63, 3.8) is 0 Å². The third-order valence-electron chi connectivity index (χ3n) is 6.63.